The highest BCUT2D eigenvalue weighted by atomic mass is 16.5. The summed E-state index contributed by atoms with van der Waals surface area (Å²) in [5.74, 6) is 1.61. The van der Waals surface area contributed by atoms with E-state index < -0.39 is 0 Å². The molecule has 2 N–H and O–H groups in total. The SMILES string of the molecule is CCCOc1ccc(C(CN)N(C)C2CCCCC2)cc1OC. The molecule has 4 nitrogen and oxygen atoms in total. The van der Waals surface area contributed by atoms with E-state index in [0.717, 1.165) is 17.9 Å². The Balaban J connectivity index is 2.16. The van der Waals surface area contributed by atoms with Crippen molar-refractivity contribution < 1.29 is 9.47 Å². The Morgan fingerprint density at radius 2 is 1.96 bits per heavy atom. The summed E-state index contributed by atoms with van der Waals surface area (Å²) >= 11 is 0. The molecule has 130 valence electrons. The van der Waals surface area contributed by atoms with Crippen molar-refractivity contribution in [1.29, 1.82) is 0 Å². The highest BCUT2D eigenvalue weighted by Crippen LogP contribution is 2.34. The molecule has 0 aromatic heterocycles. The zero-order chi connectivity index (χ0) is 16.7. The van der Waals surface area contributed by atoms with Crippen molar-refractivity contribution in [2.45, 2.75) is 57.5 Å². The standard InChI is InChI=1S/C19H32N2O2/c1-4-12-23-18-11-10-15(13-19(18)22-3)17(14-20)21(2)16-8-6-5-7-9-16/h10-11,13,16-17H,4-9,12,14,20H2,1-3H3. The van der Waals surface area contributed by atoms with Crippen molar-refractivity contribution in [1.82, 2.24) is 4.90 Å². The number of rotatable bonds is 8. The highest BCUT2D eigenvalue weighted by molar-refractivity contribution is 5.44. The van der Waals surface area contributed by atoms with Crippen LogP contribution < -0.4 is 15.2 Å². The number of hydrogen-bond donors (Lipinski definition) is 1. The van der Waals surface area contributed by atoms with Gasteiger partial charge in [0.25, 0.3) is 0 Å². The molecular weight excluding hydrogens is 288 g/mol. The van der Waals surface area contributed by atoms with E-state index in [2.05, 4.69) is 31.0 Å². The smallest absolute Gasteiger partial charge is 0.161 e. The van der Waals surface area contributed by atoms with E-state index in [1.165, 1.54) is 37.7 Å². The Labute approximate surface area is 140 Å². The fourth-order valence-corrected chi connectivity index (χ4v) is 3.50. The van der Waals surface area contributed by atoms with Crippen LogP contribution in [-0.4, -0.2) is 38.3 Å². The normalized spacial score (nSPS) is 17.3. The van der Waals surface area contributed by atoms with Crippen LogP contribution in [0.5, 0.6) is 11.5 Å². The molecule has 0 saturated heterocycles. The first-order valence-electron chi connectivity index (χ1n) is 8.94. The molecule has 1 atom stereocenters. The van der Waals surface area contributed by atoms with E-state index in [0.29, 0.717) is 19.2 Å². The molecule has 0 amide bonds. The molecule has 1 unspecified atom stereocenters. The van der Waals surface area contributed by atoms with Crippen molar-refractivity contribution in [2.75, 3.05) is 27.3 Å². The minimum absolute atomic E-state index is 0.229. The van der Waals surface area contributed by atoms with Crippen LogP contribution in [0.15, 0.2) is 18.2 Å². The quantitative estimate of drug-likeness (QED) is 0.792. The van der Waals surface area contributed by atoms with Crippen LogP contribution >= 0.6 is 0 Å². The van der Waals surface area contributed by atoms with E-state index in [1.54, 1.807) is 7.11 Å². The topological polar surface area (TPSA) is 47.7 Å². The molecule has 0 bridgehead atoms. The Morgan fingerprint density at radius 3 is 2.57 bits per heavy atom. The molecule has 1 aromatic carbocycles. The van der Waals surface area contributed by atoms with Crippen LogP contribution in [0.3, 0.4) is 0 Å². The Bertz CT molecular complexity index is 472. The average Bonchev–Trinajstić information content (AvgIpc) is 2.61. The van der Waals surface area contributed by atoms with E-state index in [-0.39, 0.29) is 6.04 Å². The average molecular weight is 320 g/mol. The van der Waals surface area contributed by atoms with Crippen LogP contribution in [-0.2, 0) is 0 Å². The summed E-state index contributed by atoms with van der Waals surface area (Å²) < 4.78 is 11.3. The van der Waals surface area contributed by atoms with Gasteiger partial charge in [0, 0.05) is 18.6 Å². The largest absolute Gasteiger partial charge is 0.493 e. The minimum atomic E-state index is 0.229. The summed E-state index contributed by atoms with van der Waals surface area (Å²) in [6, 6.07) is 7.10. The fourth-order valence-electron chi connectivity index (χ4n) is 3.50. The summed E-state index contributed by atoms with van der Waals surface area (Å²) in [6.07, 6.45) is 7.58. The zero-order valence-corrected chi connectivity index (χ0v) is 14.9. The number of benzene rings is 1. The molecule has 0 spiro atoms. The maximum Gasteiger partial charge on any atom is 0.161 e. The number of nitrogens with two attached hydrogens (primary N) is 1. The fraction of sp³-hybridized carbons (Fsp3) is 0.684. The second kappa shape index (κ2) is 9.14. The molecule has 4 heteroatoms. The van der Waals surface area contributed by atoms with Crippen molar-refractivity contribution in [2.24, 2.45) is 5.73 Å². The van der Waals surface area contributed by atoms with E-state index in [4.69, 9.17) is 15.2 Å². The maximum absolute atomic E-state index is 6.11. The highest BCUT2D eigenvalue weighted by Gasteiger charge is 2.25. The maximum atomic E-state index is 6.11. The van der Waals surface area contributed by atoms with Crippen LogP contribution in [0.4, 0.5) is 0 Å². The summed E-state index contributed by atoms with van der Waals surface area (Å²) in [5.41, 5.74) is 7.32. The number of nitrogens with zero attached hydrogens (tertiary/aromatic N) is 1. The van der Waals surface area contributed by atoms with Gasteiger partial charge in [-0.05, 0) is 44.0 Å². The molecule has 0 aliphatic heterocycles. The summed E-state index contributed by atoms with van der Waals surface area (Å²) in [5, 5.41) is 0. The van der Waals surface area contributed by atoms with Crippen molar-refractivity contribution in [3.8, 4) is 11.5 Å². The van der Waals surface area contributed by atoms with E-state index in [1.807, 2.05) is 6.07 Å². The first-order chi connectivity index (χ1) is 11.2. The van der Waals surface area contributed by atoms with E-state index >= 15 is 0 Å². The predicted octanol–water partition coefficient (Wildman–Crippen LogP) is 3.75. The molecule has 1 fully saturated rings. The third-order valence-corrected chi connectivity index (χ3v) is 4.90. The third kappa shape index (κ3) is 4.61. The van der Waals surface area contributed by atoms with E-state index in [9.17, 15) is 0 Å². The van der Waals surface area contributed by atoms with Gasteiger partial charge in [-0.15, -0.1) is 0 Å². The molecule has 1 aliphatic carbocycles. The van der Waals surface area contributed by atoms with Gasteiger partial charge in [-0.25, -0.2) is 0 Å². The Kier molecular flexibility index (Phi) is 7.18. The second-order valence-corrected chi connectivity index (χ2v) is 6.47. The van der Waals surface area contributed by atoms with Gasteiger partial charge in [0.15, 0.2) is 11.5 Å². The van der Waals surface area contributed by atoms with Crippen LogP contribution in [0.25, 0.3) is 0 Å². The number of hydrogen-bond acceptors (Lipinski definition) is 4. The number of ether oxygens (including phenoxy) is 2. The summed E-state index contributed by atoms with van der Waals surface area (Å²) in [4.78, 5) is 2.46. The Morgan fingerprint density at radius 1 is 1.22 bits per heavy atom. The molecule has 2 rings (SSSR count). The summed E-state index contributed by atoms with van der Waals surface area (Å²) in [6.45, 7) is 3.42. The predicted molar refractivity (Wildman–Crippen MR) is 95.2 cm³/mol. The molecule has 23 heavy (non-hydrogen) atoms. The third-order valence-electron chi connectivity index (χ3n) is 4.90. The van der Waals surface area contributed by atoms with Gasteiger partial charge in [-0.2, -0.15) is 0 Å². The second-order valence-electron chi connectivity index (χ2n) is 6.47. The van der Waals surface area contributed by atoms with Crippen LogP contribution in [0, 0.1) is 0 Å². The van der Waals surface area contributed by atoms with Crippen LogP contribution in [0.1, 0.15) is 57.1 Å². The van der Waals surface area contributed by atoms with Gasteiger partial charge in [-0.3, -0.25) is 4.90 Å². The van der Waals surface area contributed by atoms with Crippen molar-refractivity contribution in [3.63, 3.8) is 0 Å². The number of methoxy groups -OCH3 is 1. The van der Waals surface area contributed by atoms with Gasteiger partial charge < -0.3 is 15.2 Å². The van der Waals surface area contributed by atoms with Gasteiger partial charge in [0.2, 0.25) is 0 Å². The lowest BCUT2D eigenvalue weighted by Gasteiger charge is -2.37. The lowest BCUT2D eigenvalue weighted by atomic mass is 9.92. The summed E-state index contributed by atoms with van der Waals surface area (Å²) in [7, 11) is 3.90. The van der Waals surface area contributed by atoms with Gasteiger partial charge in [-0.1, -0.05) is 32.3 Å². The molecule has 0 heterocycles. The first-order valence-corrected chi connectivity index (χ1v) is 8.94. The lowest BCUT2D eigenvalue weighted by molar-refractivity contribution is 0.140. The monoisotopic (exact) mass is 320 g/mol. The molecule has 0 radical (unpaired) electrons. The minimum Gasteiger partial charge on any atom is -0.493 e. The zero-order valence-electron chi connectivity index (χ0n) is 14.9. The molecule has 1 aliphatic rings. The van der Waals surface area contributed by atoms with Gasteiger partial charge in [0.1, 0.15) is 0 Å². The van der Waals surface area contributed by atoms with Crippen LogP contribution in [0.2, 0.25) is 0 Å². The molecule has 1 saturated carbocycles. The van der Waals surface area contributed by atoms with Gasteiger partial charge in [0.05, 0.1) is 13.7 Å². The van der Waals surface area contributed by atoms with Gasteiger partial charge >= 0.3 is 0 Å². The van der Waals surface area contributed by atoms with Crippen molar-refractivity contribution >= 4 is 0 Å². The Hall–Kier alpha value is -1.26. The lowest BCUT2D eigenvalue weighted by Crippen LogP contribution is -2.39. The molecule has 1 aromatic rings. The van der Waals surface area contributed by atoms with Crippen molar-refractivity contribution in [3.05, 3.63) is 23.8 Å². The molecular formula is C19H32N2O2. The number of likely N-dealkylation sites (N-methyl/N-ethyl adjacent to an activating group) is 1. The first kappa shape index (κ1) is 18.1.